The van der Waals surface area contributed by atoms with E-state index in [9.17, 15) is 14.9 Å². The van der Waals surface area contributed by atoms with Crippen LogP contribution in [0.5, 0.6) is 0 Å². The monoisotopic (exact) mass is 236 g/mol. The number of carbonyl (C=O) groups excluding carboxylic acids is 1. The highest BCUT2D eigenvalue weighted by Gasteiger charge is 2.18. The summed E-state index contributed by atoms with van der Waals surface area (Å²) in [7, 11) is 0. The lowest BCUT2D eigenvalue weighted by Crippen LogP contribution is -2.32. The van der Waals surface area contributed by atoms with Crippen LogP contribution in [0, 0.1) is 16.0 Å². The normalized spacial score (nSPS) is 18.4. The van der Waals surface area contributed by atoms with E-state index in [2.05, 4.69) is 11.5 Å². The average molecular weight is 236 g/mol. The number of rotatable bonds is 5. The molecule has 17 heavy (non-hydrogen) atoms. The first-order valence-electron chi connectivity index (χ1n) is 5.52. The molecular formula is C12H16N2O3. The van der Waals surface area contributed by atoms with E-state index in [4.69, 9.17) is 0 Å². The number of nitrogens with zero attached hydrogens (tertiary/aromatic N) is 2. The third-order valence-corrected chi connectivity index (χ3v) is 2.78. The van der Waals surface area contributed by atoms with Crippen molar-refractivity contribution < 1.29 is 9.72 Å². The molecule has 1 rings (SSSR count). The van der Waals surface area contributed by atoms with Gasteiger partial charge in [-0.3, -0.25) is 10.1 Å². The molecule has 92 valence electrons. The summed E-state index contributed by atoms with van der Waals surface area (Å²) >= 11 is 0. The average Bonchev–Trinajstić information content (AvgIpc) is 2.34. The first-order chi connectivity index (χ1) is 8.17. The lowest BCUT2D eigenvalue weighted by molar-refractivity contribution is -0.402. The Morgan fingerprint density at radius 2 is 2.06 bits per heavy atom. The van der Waals surface area contributed by atoms with Gasteiger partial charge in [0.15, 0.2) is 0 Å². The van der Waals surface area contributed by atoms with E-state index in [-0.39, 0.29) is 5.92 Å². The fourth-order valence-electron chi connectivity index (χ4n) is 1.81. The van der Waals surface area contributed by atoms with Gasteiger partial charge < -0.3 is 9.69 Å². The molecule has 0 radical (unpaired) electrons. The van der Waals surface area contributed by atoms with Crippen molar-refractivity contribution in [2.24, 2.45) is 5.92 Å². The van der Waals surface area contributed by atoms with Crippen LogP contribution >= 0.6 is 0 Å². The third kappa shape index (κ3) is 4.22. The van der Waals surface area contributed by atoms with Crippen LogP contribution in [0.3, 0.4) is 0 Å². The van der Waals surface area contributed by atoms with E-state index in [0.29, 0.717) is 0 Å². The fraction of sp³-hybridized carbons (Fsp3) is 0.417. The second-order valence-corrected chi connectivity index (χ2v) is 3.88. The molecule has 0 saturated carbocycles. The third-order valence-electron chi connectivity index (χ3n) is 2.78. The van der Waals surface area contributed by atoms with Crippen molar-refractivity contribution in [2.45, 2.75) is 12.8 Å². The predicted octanol–water partition coefficient (Wildman–Crippen LogP) is 1.76. The van der Waals surface area contributed by atoms with Gasteiger partial charge in [0, 0.05) is 30.8 Å². The molecule has 0 aromatic carbocycles. The molecule has 0 aromatic rings. The van der Waals surface area contributed by atoms with Gasteiger partial charge in [-0.15, -0.1) is 0 Å². The van der Waals surface area contributed by atoms with Gasteiger partial charge in [0.1, 0.15) is 6.29 Å². The zero-order chi connectivity index (χ0) is 12.7. The standard InChI is InChI=1S/C12H16N2O3/c1-2-12(4-3-7-14(16)17)13-8-5-11(10-15)6-9-13/h2-4,7,10-11H,1,5-6,8-9H2/b7-3+,12-4+. The summed E-state index contributed by atoms with van der Waals surface area (Å²) in [6.45, 7) is 5.26. The highest BCUT2D eigenvalue weighted by Crippen LogP contribution is 2.19. The van der Waals surface area contributed by atoms with E-state index < -0.39 is 4.92 Å². The van der Waals surface area contributed by atoms with Crippen molar-refractivity contribution in [2.75, 3.05) is 13.1 Å². The maximum atomic E-state index is 10.6. The smallest absolute Gasteiger partial charge is 0.234 e. The summed E-state index contributed by atoms with van der Waals surface area (Å²) in [6, 6.07) is 0. The molecule has 0 bridgehead atoms. The lowest BCUT2D eigenvalue weighted by Gasteiger charge is -2.32. The molecule has 1 aliphatic rings. The molecule has 5 nitrogen and oxygen atoms in total. The van der Waals surface area contributed by atoms with Gasteiger partial charge in [-0.1, -0.05) is 6.58 Å². The predicted molar refractivity (Wildman–Crippen MR) is 64.8 cm³/mol. The van der Waals surface area contributed by atoms with Crippen LogP contribution < -0.4 is 0 Å². The van der Waals surface area contributed by atoms with Crippen molar-refractivity contribution in [3.8, 4) is 0 Å². The zero-order valence-electron chi connectivity index (χ0n) is 9.62. The number of hydrogen-bond acceptors (Lipinski definition) is 4. The number of piperidine rings is 1. The molecule has 0 N–H and O–H groups in total. The molecule has 0 aromatic heterocycles. The summed E-state index contributed by atoms with van der Waals surface area (Å²) in [6.07, 6.45) is 8.27. The van der Waals surface area contributed by atoms with Crippen molar-refractivity contribution >= 4 is 6.29 Å². The Bertz CT molecular complexity index is 353. The minimum Gasteiger partial charge on any atom is -0.372 e. The molecule has 0 spiro atoms. The Morgan fingerprint density at radius 1 is 1.41 bits per heavy atom. The molecular weight excluding hydrogens is 220 g/mol. The van der Waals surface area contributed by atoms with Crippen LogP contribution in [-0.4, -0.2) is 29.2 Å². The fourth-order valence-corrected chi connectivity index (χ4v) is 1.81. The van der Waals surface area contributed by atoms with Crippen LogP contribution in [0.4, 0.5) is 0 Å². The SMILES string of the molecule is C=C/C(=C\C=C\[N+](=O)[O-])N1CCC(C=O)CC1. The van der Waals surface area contributed by atoms with Gasteiger partial charge in [0.25, 0.3) is 0 Å². The Hall–Kier alpha value is -1.91. The number of carbonyl (C=O) groups is 1. The van der Waals surface area contributed by atoms with E-state index in [1.165, 1.54) is 6.08 Å². The largest absolute Gasteiger partial charge is 0.372 e. The van der Waals surface area contributed by atoms with Crippen LogP contribution in [0.1, 0.15) is 12.8 Å². The minimum absolute atomic E-state index is 0.145. The molecule has 0 amide bonds. The topological polar surface area (TPSA) is 63.5 Å². The van der Waals surface area contributed by atoms with Crippen LogP contribution in [0.2, 0.25) is 0 Å². The maximum absolute atomic E-state index is 10.6. The molecule has 0 atom stereocenters. The van der Waals surface area contributed by atoms with Crippen molar-refractivity contribution in [3.05, 3.63) is 46.8 Å². The highest BCUT2D eigenvalue weighted by molar-refractivity contribution is 5.53. The maximum Gasteiger partial charge on any atom is 0.234 e. The Morgan fingerprint density at radius 3 is 2.53 bits per heavy atom. The first kappa shape index (κ1) is 13.2. The van der Waals surface area contributed by atoms with Crippen molar-refractivity contribution in [3.63, 3.8) is 0 Å². The molecule has 1 saturated heterocycles. The quantitative estimate of drug-likeness (QED) is 0.316. The second-order valence-electron chi connectivity index (χ2n) is 3.88. The van der Waals surface area contributed by atoms with Gasteiger partial charge in [-0.2, -0.15) is 0 Å². The zero-order valence-corrected chi connectivity index (χ0v) is 9.62. The number of likely N-dealkylation sites (tertiary alicyclic amines) is 1. The number of aldehydes is 1. The lowest BCUT2D eigenvalue weighted by atomic mass is 9.98. The number of allylic oxidation sites excluding steroid dienone is 3. The first-order valence-corrected chi connectivity index (χ1v) is 5.52. The number of hydrogen-bond donors (Lipinski definition) is 0. The molecule has 5 heteroatoms. The highest BCUT2D eigenvalue weighted by atomic mass is 16.6. The van der Waals surface area contributed by atoms with E-state index >= 15 is 0 Å². The molecule has 0 aliphatic carbocycles. The Balaban J connectivity index is 2.60. The van der Waals surface area contributed by atoms with E-state index in [1.807, 2.05) is 0 Å². The molecule has 1 aliphatic heterocycles. The molecule has 0 unspecified atom stereocenters. The number of nitro groups is 1. The van der Waals surface area contributed by atoms with Gasteiger partial charge in [0.2, 0.25) is 6.20 Å². The van der Waals surface area contributed by atoms with Gasteiger partial charge in [0.05, 0.1) is 4.92 Å². The van der Waals surface area contributed by atoms with Crippen molar-refractivity contribution in [1.29, 1.82) is 0 Å². The van der Waals surface area contributed by atoms with Crippen LogP contribution in [0.15, 0.2) is 36.7 Å². The minimum atomic E-state index is -0.504. The summed E-state index contributed by atoms with van der Waals surface area (Å²) in [5, 5.41) is 10.1. The summed E-state index contributed by atoms with van der Waals surface area (Å²) in [5.74, 6) is 0.145. The second kappa shape index (κ2) is 6.62. The van der Waals surface area contributed by atoms with Gasteiger partial charge in [-0.25, -0.2) is 0 Å². The van der Waals surface area contributed by atoms with E-state index in [1.54, 1.807) is 12.2 Å². The van der Waals surface area contributed by atoms with Crippen molar-refractivity contribution in [1.82, 2.24) is 4.90 Å². The van der Waals surface area contributed by atoms with Gasteiger partial charge >= 0.3 is 0 Å². The van der Waals surface area contributed by atoms with Crippen LogP contribution in [0.25, 0.3) is 0 Å². The summed E-state index contributed by atoms with van der Waals surface area (Å²) in [4.78, 5) is 22.3. The Kier molecular flexibility index (Phi) is 5.13. The molecule has 1 heterocycles. The molecule has 1 fully saturated rings. The summed E-state index contributed by atoms with van der Waals surface area (Å²) < 4.78 is 0. The Labute approximate surface area is 100 Å². The van der Waals surface area contributed by atoms with E-state index in [0.717, 1.165) is 44.1 Å². The van der Waals surface area contributed by atoms with Crippen LogP contribution in [-0.2, 0) is 4.79 Å². The van der Waals surface area contributed by atoms with Gasteiger partial charge in [-0.05, 0) is 25.0 Å². The summed E-state index contributed by atoms with van der Waals surface area (Å²) in [5.41, 5.74) is 0.854.